The fraction of sp³-hybridized carbons (Fsp3) is 0.214. The summed E-state index contributed by atoms with van der Waals surface area (Å²) in [5.74, 6) is -0.0822. The molecule has 1 amide bonds. The number of nitrogen functional groups attached to an aromatic ring is 1. The molecule has 0 bridgehead atoms. The van der Waals surface area contributed by atoms with Gasteiger partial charge in [-0.25, -0.2) is 4.98 Å². The first-order chi connectivity index (χ1) is 9.24. The lowest BCUT2D eigenvalue weighted by Crippen LogP contribution is -2.36. The van der Waals surface area contributed by atoms with Gasteiger partial charge in [0.05, 0.1) is 6.20 Å². The molecule has 1 aliphatic rings. The molecule has 19 heavy (non-hydrogen) atoms. The minimum Gasteiger partial charge on any atom is -0.399 e. The van der Waals surface area contributed by atoms with Crippen LogP contribution in [0, 0.1) is 0 Å². The highest BCUT2D eigenvalue weighted by molar-refractivity contribution is 5.92. The number of rotatable bonds is 1. The van der Waals surface area contributed by atoms with Crippen molar-refractivity contribution in [1.82, 2.24) is 14.9 Å². The molecular weight excluding hydrogens is 240 g/mol. The van der Waals surface area contributed by atoms with Gasteiger partial charge >= 0.3 is 0 Å². The maximum Gasteiger partial charge on any atom is 0.274 e. The Kier molecular flexibility index (Phi) is 2.87. The van der Waals surface area contributed by atoms with Crippen molar-refractivity contribution < 1.29 is 4.79 Å². The van der Waals surface area contributed by atoms with Crippen molar-refractivity contribution in [2.24, 2.45) is 0 Å². The Labute approximate surface area is 111 Å². The molecule has 0 aliphatic carbocycles. The van der Waals surface area contributed by atoms with Crippen LogP contribution in [0.3, 0.4) is 0 Å². The molecule has 0 atom stereocenters. The van der Waals surface area contributed by atoms with Crippen LogP contribution < -0.4 is 5.73 Å². The lowest BCUT2D eigenvalue weighted by molar-refractivity contribution is 0.0728. The zero-order valence-electron chi connectivity index (χ0n) is 10.4. The van der Waals surface area contributed by atoms with Crippen LogP contribution in [0.5, 0.6) is 0 Å². The summed E-state index contributed by atoms with van der Waals surface area (Å²) in [6, 6.07) is 5.87. The van der Waals surface area contributed by atoms with E-state index in [9.17, 15) is 4.79 Å². The molecule has 1 aromatic heterocycles. The molecule has 2 aromatic rings. The summed E-state index contributed by atoms with van der Waals surface area (Å²) in [5, 5.41) is 0. The molecule has 0 fully saturated rings. The maximum atomic E-state index is 12.3. The smallest absolute Gasteiger partial charge is 0.274 e. The van der Waals surface area contributed by atoms with E-state index in [-0.39, 0.29) is 5.91 Å². The van der Waals surface area contributed by atoms with Crippen molar-refractivity contribution in [3.05, 3.63) is 53.6 Å². The largest absolute Gasteiger partial charge is 0.399 e. The highest BCUT2D eigenvalue weighted by Gasteiger charge is 2.22. The van der Waals surface area contributed by atoms with Crippen LogP contribution in [-0.2, 0) is 13.0 Å². The van der Waals surface area contributed by atoms with E-state index in [1.54, 1.807) is 11.1 Å². The van der Waals surface area contributed by atoms with Crippen LogP contribution in [0.15, 0.2) is 36.8 Å². The predicted molar refractivity (Wildman–Crippen MR) is 71.3 cm³/mol. The molecule has 0 unspecified atom stereocenters. The van der Waals surface area contributed by atoms with Crippen LogP contribution in [0.2, 0.25) is 0 Å². The first-order valence-corrected chi connectivity index (χ1v) is 6.16. The molecule has 2 N–H and O–H groups in total. The van der Waals surface area contributed by atoms with Gasteiger partial charge in [-0.1, -0.05) is 6.07 Å². The van der Waals surface area contributed by atoms with E-state index < -0.39 is 0 Å². The lowest BCUT2D eigenvalue weighted by Gasteiger charge is -2.28. The first-order valence-electron chi connectivity index (χ1n) is 6.16. The topological polar surface area (TPSA) is 72.1 Å². The Balaban J connectivity index is 1.84. The van der Waals surface area contributed by atoms with E-state index in [0.29, 0.717) is 18.8 Å². The molecule has 0 saturated carbocycles. The zero-order chi connectivity index (χ0) is 13.2. The van der Waals surface area contributed by atoms with Gasteiger partial charge in [-0.05, 0) is 29.7 Å². The van der Waals surface area contributed by atoms with Gasteiger partial charge in [0.25, 0.3) is 5.91 Å². The third kappa shape index (κ3) is 2.27. The second kappa shape index (κ2) is 4.68. The summed E-state index contributed by atoms with van der Waals surface area (Å²) in [7, 11) is 0. The predicted octanol–water partition coefficient (Wildman–Crippen LogP) is 1.26. The monoisotopic (exact) mass is 254 g/mol. The summed E-state index contributed by atoms with van der Waals surface area (Å²) in [5.41, 5.74) is 9.28. The number of nitrogens with zero attached hydrogens (tertiary/aromatic N) is 3. The minimum absolute atomic E-state index is 0.0822. The molecule has 2 heterocycles. The number of aromatic nitrogens is 2. The lowest BCUT2D eigenvalue weighted by atomic mass is 9.99. The standard InChI is InChI=1S/C14H14N4O/c15-12-2-1-10-3-6-18(9-11(10)7-12)14(19)13-8-16-4-5-17-13/h1-2,4-5,7-8H,3,6,9,15H2. The second-order valence-electron chi connectivity index (χ2n) is 4.60. The van der Waals surface area contributed by atoms with Crippen LogP contribution in [-0.4, -0.2) is 27.3 Å². The van der Waals surface area contributed by atoms with Crippen molar-refractivity contribution in [2.75, 3.05) is 12.3 Å². The molecule has 5 nitrogen and oxygen atoms in total. The van der Waals surface area contributed by atoms with Gasteiger partial charge in [-0.15, -0.1) is 0 Å². The number of nitrogens with two attached hydrogens (primary N) is 1. The van der Waals surface area contributed by atoms with Gasteiger partial charge < -0.3 is 10.6 Å². The fourth-order valence-electron chi connectivity index (χ4n) is 2.32. The zero-order valence-corrected chi connectivity index (χ0v) is 10.4. The molecule has 0 radical (unpaired) electrons. The summed E-state index contributed by atoms with van der Waals surface area (Å²) >= 11 is 0. The molecule has 0 spiro atoms. The number of carbonyl (C=O) groups is 1. The number of benzene rings is 1. The average molecular weight is 254 g/mol. The number of hydrogen-bond acceptors (Lipinski definition) is 4. The molecule has 0 saturated heterocycles. The van der Waals surface area contributed by atoms with Crippen molar-refractivity contribution in [1.29, 1.82) is 0 Å². The Morgan fingerprint density at radius 1 is 1.26 bits per heavy atom. The normalized spacial score (nSPS) is 14.0. The first kappa shape index (κ1) is 11.6. The summed E-state index contributed by atoms with van der Waals surface area (Å²) in [6.07, 6.45) is 5.44. The number of fused-ring (bicyclic) bond motifs is 1. The van der Waals surface area contributed by atoms with Gasteiger partial charge in [0, 0.05) is 31.2 Å². The average Bonchev–Trinajstić information content (AvgIpc) is 2.46. The van der Waals surface area contributed by atoms with Gasteiger partial charge in [0.2, 0.25) is 0 Å². The highest BCUT2D eigenvalue weighted by atomic mass is 16.2. The van der Waals surface area contributed by atoms with Crippen molar-refractivity contribution in [2.45, 2.75) is 13.0 Å². The van der Waals surface area contributed by atoms with Gasteiger partial charge in [-0.3, -0.25) is 9.78 Å². The molecule has 3 rings (SSSR count). The van der Waals surface area contributed by atoms with E-state index in [0.717, 1.165) is 17.7 Å². The molecule has 5 heteroatoms. The third-order valence-electron chi connectivity index (χ3n) is 3.31. The van der Waals surface area contributed by atoms with Crippen molar-refractivity contribution in [3.8, 4) is 0 Å². The van der Waals surface area contributed by atoms with Gasteiger partial charge in [0.1, 0.15) is 5.69 Å². The van der Waals surface area contributed by atoms with Crippen LogP contribution in [0.4, 0.5) is 5.69 Å². The van der Waals surface area contributed by atoms with E-state index in [1.165, 1.54) is 18.0 Å². The number of anilines is 1. The molecule has 96 valence electrons. The highest BCUT2D eigenvalue weighted by Crippen LogP contribution is 2.22. The summed E-state index contributed by atoms with van der Waals surface area (Å²) < 4.78 is 0. The maximum absolute atomic E-state index is 12.3. The Morgan fingerprint density at radius 3 is 2.95 bits per heavy atom. The fourth-order valence-corrected chi connectivity index (χ4v) is 2.32. The number of carbonyl (C=O) groups excluding carboxylic acids is 1. The van der Waals surface area contributed by atoms with Crippen LogP contribution >= 0.6 is 0 Å². The van der Waals surface area contributed by atoms with Gasteiger partial charge in [-0.2, -0.15) is 0 Å². The second-order valence-corrected chi connectivity index (χ2v) is 4.60. The Hall–Kier alpha value is -2.43. The summed E-state index contributed by atoms with van der Waals surface area (Å²) in [6.45, 7) is 1.28. The number of amides is 1. The number of hydrogen-bond donors (Lipinski definition) is 1. The van der Waals surface area contributed by atoms with Crippen LogP contribution in [0.1, 0.15) is 21.6 Å². The van der Waals surface area contributed by atoms with E-state index in [4.69, 9.17) is 5.73 Å². The Bertz CT molecular complexity index is 612. The molecule has 1 aromatic carbocycles. The van der Waals surface area contributed by atoms with E-state index in [1.807, 2.05) is 18.2 Å². The minimum atomic E-state index is -0.0822. The summed E-state index contributed by atoms with van der Waals surface area (Å²) in [4.78, 5) is 22.0. The third-order valence-corrected chi connectivity index (χ3v) is 3.31. The molecule has 1 aliphatic heterocycles. The van der Waals surface area contributed by atoms with E-state index >= 15 is 0 Å². The van der Waals surface area contributed by atoms with Crippen molar-refractivity contribution >= 4 is 11.6 Å². The molecular formula is C14H14N4O. The quantitative estimate of drug-likeness (QED) is 0.777. The van der Waals surface area contributed by atoms with Crippen molar-refractivity contribution in [3.63, 3.8) is 0 Å². The SMILES string of the molecule is Nc1ccc2c(c1)CN(C(=O)c1cnccn1)CC2. The van der Waals surface area contributed by atoms with Crippen LogP contribution in [0.25, 0.3) is 0 Å². The Morgan fingerprint density at radius 2 is 2.16 bits per heavy atom. The van der Waals surface area contributed by atoms with E-state index in [2.05, 4.69) is 9.97 Å². The van der Waals surface area contributed by atoms with Gasteiger partial charge in [0.15, 0.2) is 0 Å².